The third-order valence-electron chi connectivity index (χ3n) is 6.06. The normalized spacial score (nSPS) is 26.6. The summed E-state index contributed by atoms with van der Waals surface area (Å²) in [4.78, 5) is 17.2. The fraction of sp³-hybridized carbons (Fsp3) is 0.650. The molecular formula is C20H28N4O. The van der Waals surface area contributed by atoms with Crippen molar-refractivity contribution in [1.29, 1.82) is 0 Å². The Morgan fingerprint density at radius 1 is 1.16 bits per heavy atom. The maximum atomic E-state index is 12.7. The third kappa shape index (κ3) is 3.29. The standard InChI is InChI=1S/C20H28N4O/c1-13(2)24-19-16(12-22-24)9-17(11-21-19)20(25)23-18-8-7-14-5-3-4-6-15(14)10-18/h9,11-15,18H,3-8,10H2,1-2H3,(H,23,25)/t14-,15+,18+/m0/s1. The molecule has 2 heterocycles. The number of aromatic nitrogens is 3. The minimum absolute atomic E-state index is 0.00552. The molecule has 0 unspecified atom stereocenters. The maximum absolute atomic E-state index is 12.7. The first-order chi connectivity index (χ1) is 12.1. The van der Waals surface area contributed by atoms with Gasteiger partial charge in [-0.25, -0.2) is 9.67 Å². The first-order valence-electron chi connectivity index (χ1n) is 9.76. The van der Waals surface area contributed by atoms with Crippen LogP contribution in [0.1, 0.15) is 75.2 Å². The summed E-state index contributed by atoms with van der Waals surface area (Å²) in [6, 6.07) is 2.49. The SMILES string of the molecule is CC(C)n1ncc2cc(C(=O)N[C@@H]3CC[C@@H]4CCCC[C@@H]4C3)cnc21. The number of pyridine rings is 1. The molecular weight excluding hydrogens is 312 g/mol. The smallest absolute Gasteiger partial charge is 0.253 e. The molecule has 2 fully saturated rings. The summed E-state index contributed by atoms with van der Waals surface area (Å²) < 4.78 is 1.89. The summed E-state index contributed by atoms with van der Waals surface area (Å²) in [7, 11) is 0. The molecule has 0 aliphatic heterocycles. The van der Waals surface area contributed by atoms with Gasteiger partial charge in [-0.1, -0.05) is 25.7 Å². The van der Waals surface area contributed by atoms with Gasteiger partial charge in [0.05, 0.1) is 11.8 Å². The Morgan fingerprint density at radius 3 is 2.76 bits per heavy atom. The second kappa shape index (κ2) is 6.77. The lowest BCUT2D eigenvalue weighted by atomic mass is 9.69. The van der Waals surface area contributed by atoms with Gasteiger partial charge in [-0.3, -0.25) is 4.79 Å². The molecule has 0 spiro atoms. The van der Waals surface area contributed by atoms with Gasteiger partial charge in [0.15, 0.2) is 5.65 Å². The average molecular weight is 340 g/mol. The number of hydrogen-bond donors (Lipinski definition) is 1. The molecule has 2 aromatic rings. The number of nitrogens with zero attached hydrogens (tertiary/aromatic N) is 3. The molecule has 25 heavy (non-hydrogen) atoms. The van der Waals surface area contributed by atoms with Crippen LogP contribution in [0, 0.1) is 11.8 Å². The van der Waals surface area contributed by atoms with Gasteiger partial charge in [0.1, 0.15) is 0 Å². The predicted molar refractivity (Wildman–Crippen MR) is 98.5 cm³/mol. The summed E-state index contributed by atoms with van der Waals surface area (Å²) >= 11 is 0. The van der Waals surface area contributed by atoms with Crippen molar-refractivity contribution in [2.45, 2.75) is 70.9 Å². The summed E-state index contributed by atoms with van der Waals surface area (Å²) in [5.74, 6) is 1.73. The van der Waals surface area contributed by atoms with Crippen molar-refractivity contribution in [3.8, 4) is 0 Å². The van der Waals surface area contributed by atoms with Gasteiger partial charge in [-0.05, 0) is 51.0 Å². The number of amides is 1. The van der Waals surface area contributed by atoms with E-state index in [0.29, 0.717) is 11.6 Å². The first-order valence-corrected chi connectivity index (χ1v) is 9.76. The zero-order chi connectivity index (χ0) is 17.4. The highest BCUT2D eigenvalue weighted by molar-refractivity contribution is 5.97. The quantitative estimate of drug-likeness (QED) is 0.915. The highest BCUT2D eigenvalue weighted by Crippen LogP contribution is 2.40. The van der Waals surface area contributed by atoms with Crippen LogP contribution < -0.4 is 5.32 Å². The van der Waals surface area contributed by atoms with Crippen LogP contribution in [0.3, 0.4) is 0 Å². The van der Waals surface area contributed by atoms with Crippen molar-refractivity contribution in [3.05, 3.63) is 24.0 Å². The lowest BCUT2D eigenvalue weighted by Gasteiger charge is -2.39. The molecule has 2 saturated carbocycles. The van der Waals surface area contributed by atoms with E-state index in [0.717, 1.165) is 35.7 Å². The van der Waals surface area contributed by atoms with E-state index in [9.17, 15) is 4.79 Å². The fourth-order valence-corrected chi connectivity index (χ4v) is 4.72. The van der Waals surface area contributed by atoms with Crippen molar-refractivity contribution in [2.24, 2.45) is 11.8 Å². The Bertz CT molecular complexity index is 766. The Balaban J connectivity index is 1.45. The van der Waals surface area contributed by atoms with Crippen LogP contribution in [0.25, 0.3) is 11.0 Å². The van der Waals surface area contributed by atoms with Crippen molar-refractivity contribution in [1.82, 2.24) is 20.1 Å². The van der Waals surface area contributed by atoms with Crippen molar-refractivity contribution < 1.29 is 4.79 Å². The molecule has 134 valence electrons. The molecule has 2 aromatic heterocycles. The molecule has 2 aliphatic carbocycles. The largest absolute Gasteiger partial charge is 0.349 e. The summed E-state index contributed by atoms with van der Waals surface area (Å²) in [5, 5.41) is 8.56. The Hall–Kier alpha value is -1.91. The van der Waals surface area contributed by atoms with Crippen LogP contribution in [0.5, 0.6) is 0 Å². The van der Waals surface area contributed by atoms with Crippen LogP contribution in [-0.2, 0) is 0 Å². The summed E-state index contributed by atoms with van der Waals surface area (Å²) in [6.45, 7) is 4.16. The zero-order valence-electron chi connectivity index (χ0n) is 15.2. The van der Waals surface area contributed by atoms with Gasteiger partial charge in [0, 0.05) is 23.7 Å². The Morgan fingerprint density at radius 2 is 1.96 bits per heavy atom. The first kappa shape index (κ1) is 16.6. The molecule has 0 bridgehead atoms. The minimum atomic E-state index is 0.00552. The molecule has 1 N–H and O–H groups in total. The van der Waals surface area contributed by atoms with Gasteiger partial charge >= 0.3 is 0 Å². The zero-order valence-corrected chi connectivity index (χ0v) is 15.2. The van der Waals surface area contributed by atoms with Crippen LogP contribution in [0.2, 0.25) is 0 Å². The van der Waals surface area contributed by atoms with Gasteiger partial charge in [0.25, 0.3) is 5.91 Å². The van der Waals surface area contributed by atoms with Crippen LogP contribution in [0.15, 0.2) is 18.5 Å². The number of nitrogens with one attached hydrogen (secondary N) is 1. The van der Waals surface area contributed by atoms with E-state index < -0.39 is 0 Å². The minimum Gasteiger partial charge on any atom is -0.349 e. The van der Waals surface area contributed by atoms with E-state index >= 15 is 0 Å². The predicted octanol–water partition coefficient (Wildman–Crippen LogP) is 4.10. The second-order valence-electron chi connectivity index (χ2n) is 8.11. The number of hydrogen-bond acceptors (Lipinski definition) is 3. The van der Waals surface area contributed by atoms with E-state index in [1.54, 1.807) is 12.4 Å². The van der Waals surface area contributed by atoms with Gasteiger partial charge in [-0.2, -0.15) is 5.10 Å². The molecule has 0 radical (unpaired) electrons. The van der Waals surface area contributed by atoms with Gasteiger partial charge < -0.3 is 5.32 Å². The van der Waals surface area contributed by atoms with Gasteiger partial charge in [-0.15, -0.1) is 0 Å². The van der Waals surface area contributed by atoms with Crippen LogP contribution in [0.4, 0.5) is 0 Å². The average Bonchev–Trinajstić information content (AvgIpc) is 3.05. The highest BCUT2D eigenvalue weighted by atomic mass is 16.1. The topological polar surface area (TPSA) is 59.8 Å². The monoisotopic (exact) mass is 340 g/mol. The number of fused-ring (bicyclic) bond motifs is 2. The van der Waals surface area contributed by atoms with Crippen LogP contribution in [-0.4, -0.2) is 26.7 Å². The molecule has 0 aromatic carbocycles. The number of carbonyl (C=O) groups excluding carboxylic acids is 1. The van der Waals surface area contributed by atoms with E-state index in [1.165, 1.54) is 32.1 Å². The lowest BCUT2D eigenvalue weighted by Crippen LogP contribution is -2.41. The highest BCUT2D eigenvalue weighted by Gasteiger charge is 2.32. The van der Waals surface area contributed by atoms with E-state index in [2.05, 4.69) is 29.2 Å². The number of carbonyl (C=O) groups is 1. The maximum Gasteiger partial charge on any atom is 0.253 e. The Labute approximate surface area is 149 Å². The summed E-state index contributed by atoms with van der Waals surface area (Å²) in [6.07, 6.45) is 12.5. The van der Waals surface area contributed by atoms with Crippen LogP contribution >= 0.6 is 0 Å². The number of rotatable bonds is 3. The Kier molecular flexibility index (Phi) is 4.48. The lowest BCUT2D eigenvalue weighted by molar-refractivity contribution is 0.0879. The fourth-order valence-electron chi connectivity index (χ4n) is 4.72. The molecule has 3 atom stereocenters. The molecule has 2 aliphatic rings. The molecule has 4 rings (SSSR count). The van der Waals surface area contributed by atoms with E-state index in [4.69, 9.17) is 0 Å². The molecule has 0 saturated heterocycles. The second-order valence-corrected chi connectivity index (χ2v) is 8.11. The third-order valence-corrected chi connectivity index (χ3v) is 6.06. The van der Waals surface area contributed by atoms with Crippen molar-refractivity contribution >= 4 is 16.9 Å². The molecule has 5 heteroatoms. The van der Waals surface area contributed by atoms with Crippen molar-refractivity contribution in [3.63, 3.8) is 0 Å². The summed E-state index contributed by atoms with van der Waals surface area (Å²) in [5.41, 5.74) is 1.48. The van der Waals surface area contributed by atoms with Gasteiger partial charge in [0.2, 0.25) is 0 Å². The van der Waals surface area contributed by atoms with E-state index in [-0.39, 0.29) is 11.9 Å². The molecule has 5 nitrogen and oxygen atoms in total. The van der Waals surface area contributed by atoms with Crippen molar-refractivity contribution in [2.75, 3.05) is 0 Å². The molecule has 1 amide bonds. The van der Waals surface area contributed by atoms with E-state index in [1.807, 2.05) is 10.7 Å².